The van der Waals surface area contributed by atoms with Gasteiger partial charge in [-0.3, -0.25) is 4.79 Å². The summed E-state index contributed by atoms with van der Waals surface area (Å²) in [6, 6.07) is 8.71. The summed E-state index contributed by atoms with van der Waals surface area (Å²) in [7, 11) is 0. The van der Waals surface area contributed by atoms with Gasteiger partial charge >= 0.3 is 0 Å². The third-order valence-corrected chi connectivity index (χ3v) is 5.32. The van der Waals surface area contributed by atoms with E-state index in [1.165, 1.54) is 18.2 Å². The first-order valence-electron chi connectivity index (χ1n) is 7.81. The van der Waals surface area contributed by atoms with Crippen molar-refractivity contribution in [3.05, 3.63) is 30.5 Å². The van der Waals surface area contributed by atoms with Gasteiger partial charge in [0.1, 0.15) is 5.03 Å². The molecule has 1 aliphatic heterocycles. The molecule has 0 N–H and O–H groups in total. The van der Waals surface area contributed by atoms with Crippen molar-refractivity contribution in [2.24, 2.45) is 0 Å². The summed E-state index contributed by atoms with van der Waals surface area (Å²) < 4.78 is 0. The van der Waals surface area contributed by atoms with E-state index in [0.29, 0.717) is 17.8 Å². The molecule has 5 heteroatoms. The average molecular weight is 315 g/mol. The minimum Gasteiger partial charge on any atom is -0.337 e. The fraction of sp³-hybridized carbons (Fsp3) is 0.471. The lowest BCUT2D eigenvalue weighted by molar-refractivity contribution is -0.134. The topological polar surface area (TPSA) is 46.1 Å². The number of aromatic nitrogens is 2. The Morgan fingerprint density at radius 2 is 2.00 bits per heavy atom. The standard InChI is InChI=1S/C17H21N3OS/c1-12-6-5-7-13(2)20(12)16(21)11-22-17-15-9-4-3-8-14(15)10-18-19-17/h3-4,8-10,12-13H,5-7,11H2,1-2H3/t12-,13-/m1/s1. The zero-order chi connectivity index (χ0) is 15.5. The smallest absolute Gasteiger partial charge is 0.233 e. The summed E-state index contributed by atoms with van der Waals surface area (Å²) >= 11 is 1.49. The fourth-order valence-electron chi connectivity index (χ4n) is 3.23. The van der Waals surface area contributed by atoms with E-state index in [2.05, 4.69) is 28.9 Å². The number of fused-ring (bicyclic) bond motifs is 1. The molecule has 0 aliphatic carbocycles. The Bertz CT molecular complexity index is 661. The number of hydrogen-bond donors (Lipinski definition) is 0. The van der Waals surface area contributed by atoms with Crippen LogP contribution >= 0.6 is 11.8 Å². The van der Waals surface area contributed by atoms with Crippen molar-refractivity contribution in [3.8, 4) is 0 Å². The molecule has 1 amide bonds. The number of benzene rings is 1. The van der Waals surface area contributed by atoms with E-state index >= 15 is 0 Å². The molecule has 2 atom stereocenters. The molecule has 116 valence electrons. The lowest BCUT2D eigenvalue weighted by Gasteiger charge is -2.39. The van der Waals surface area contributed by atoms with Gasteiger partial charge in [-0.2, -0.15) is 5.10 Å². The van der Waals surface area contributed by atoms with E-state index < -0.39 is 0 Å². The highest BCUT2D eigenvalue weighted by Gasteiger charge is 2.28. The zero-order valence-corrected chi connectivity index (χ0v) is 13.8. The maximum absolute atomic E-state index is 12.6. The number of likely N-dealkylation sites (tertiary alicyclic amines) is 1. The number of thioether (sulfide) groups is 1. The normalized spacial score (nSPS) is 22.0. The molecule has 0 saturated carbocycles. The molecule has 1 aromatic heterocycles. The number of hydrogen-bond acceptors (Lipinski definition) is 4. The molecule has 0 radical (unpaired) electrons. The van der Waals surface area contributed by atoms with Gasteiger partial charge in [-0.25, -0.2) is 0 Å². The first-order chi connectivity index (χ1) is 10.7. The van der Waals surface area contributed by atoms with Crippen molar-refractivity contribution in [2.45, 2.75) is 50.2 Å². The molecule has 2 aromatic rings. The molecule has 1 aliphatic rings. The van der Waals surface area contributed by atoms with Gasteiger partial charge in [-0.15, -0.1) is 5.10 Å². The van der Waals surface area contributed by atoms with Crippen LogP contribution in [0, 0.1) is 0 Å². The van der Waals surface area contributed by atoms with Crippen molar-refractivity contribution in [1.29, 1.82) is 0 Å². The van der Waals surface area contributed by atoms with Gasteiger partial charge in [0.2, 0.25) is 5.91 Å². The van der Waals surface area contributed by atoms with Crippen LogP contribution in [0.5, 0.6) is 0 Å². The Morgan fingerprint density at radius 3 is 2.77 bits per heavy atom. The SMILES string of the molecule is C[C@@H]1CCC[C@@H](C)N1C(=O)CSc1nncc2ccccc12. The second-order valence-electron chi connectivity index (χ2n) is 5.96. The van der Waals surface area contributed by atoms with E-state index in [9.17, 15) is 4.79 Å². The first kappa shape index (κ1) is 15.3. The highest BCUT2D eigenvalue weighted by atomic mass is 32.2. The molecule has 0 bridgehead atoms. The number of carbonyl (C=O) groups is 1. The van der Waals surface area contributed by atoms with E-state index in [-0.39, 0.29) is 5.91 Å². The van der Waals surface area contributed by atoms with E-state index in [1.807, 2.05) is 24.3 Å². The first-order valence-corrected chi connectivity index (χ1v) is 8.80. The van der Waals surface area contributed by atoms with Gasteiger partial charge in [0.15, 0.2) is 0 Å². The monoisotopic (exact) mass is 315 g/mol. The Hall–Kier alpha value is -1.62. The number of nitrogens with zero attached hydrogens (tertiary/aromatic N) is 3. The van der Waals surface area contributed by atoms with Gasteiger partial charge in [-0.1, -0.05) is 36.0 Å². The van der Waals surface area contributed by atoms with Crippen LogP contribution in [0.25, 0.3) is 10.8 Å². The van der Waals surface area contributed by atoms with Gasteiger partial charge < -0.3 is 4.90 Å². The minimum atomic E-state index is 0.208. The van der Waals surface area contributed by atoms with Crippen LogP contribution in [-0.4, -0.2) is 38.8 Å². The molecule has 3 rings (SSSR count). The van der Waals surface area contributed by atoms with Crippen molar-refractivity contribution in [1.82, 2.24) is 15.1 Å². The summed E-state index contributed by atoms with van der Waals surface area (Å²) in [6.45, 7) is 4.30. The number of amides is 1. The molecule has 1 aromatic carbocycles. The quantitative estimate of drug-likeness (QED) is 0.813. The summed E-state index contributed by atoms with van der Waals surface area (Å²) in [6.07, 6.45) is 5.19. The van der Waals surface area contributed by atoms with Crippen LogP contribution in [0.4, 0.5) is 0 Å². The van der Waals surface area contributed by atoms with Crippen LogP contribution in [0.1, 0.15) is 33.1 Å². The number of rotatable bonds is 3. The Balaban J connectivity index is 1.72. The highest BCUT2D eigenvalue weighted by Crippen LogP contribution is 2.27. The molecule has 0 unspecified atom stereocenters. The molecule has 1 saturated heterocycles. The Labute approximate surface area is 135 Å². The molecule has 1 fully saturated rings. The Kier molecular flexibility index (Phi) is 4.62. The van der Waals surface area contributed by atoms with E-state index in [0.717, 1.165) is 28.6 Å². The van der Waals surface area contributed by atoms with E-state index in [1.54, 1.807) is 6.20 Å². The zero-order valence-electron chi connectivity index (χ0n) is 13.0. The summed E-state index contributed by atoms with van der Waals surface area (Å²) in [5.74, 6) is 0.636. The third kappa shape index (κ3) is 3.09. The Morgan fingerprint density at radius 1 is 1.27 bits per heavy atom. The fourth-order valence-corrected chi connectivity index (χ4v) is 4.08. The predicted molar refractivity (Wildman–Crippen MR) is 89.9 cm³/mol. The van der Waals surface area contributed by atoms with Crippen molar-refractivity contribution >= 4 is 28.4 Å². The van der Waals surface area contributed by atoms with Gasteiger partial charge in [0.25, 0.3) is 0 Å². The van der Waals surface area contributed by atoms with Crippen LogP contribution in [-0.2, 0) is 4.79 Å². The van der Waals surface area contributed by atoms with Crippen LogP contribution in [0.3, 0.4) is 0 Å². The molecular weight excluding hydrogens is 294 g/mol. The van der Waals surface area contributed by atoms with Crippen LogP contribution in [0.2, 0.25) is 0 Å². The number of carbonyl (C=O) groups excluding carboxylic acids is 1. The predicted octanol–water partition coefficient (Wildman–Crippen LogP) is 3.51. The molecule has 0 spiro atoms. The minimum absolute atomic E-state index is 0.208. The third-order valence-electron chi connectivity index (χ3n) is 4.35. The second kappa shape index (κ2) is 6.65. The molecule has 2 heterocycles. The van der Waals surface area contributed by atoms with Crippen molar-refractivity contribution < 1.29 is 4.79 Å². The van der Waals surface area contributed by atoms with Crippen LogP contribution in [0.15, 0.2) is 35.5 Å². The lowest BCUT2D eigenvalue weighted by atomic mass is 9.98. The summed E-state index contributed by atoms with van der Waals surface area (Å²) in [5.41, 5.74) is 0. The van der Waals surface area contributed by atoms with Gasteiger partial charge in [-0.05, 0) is 33.1 Å². The summed E-state index contributed by atoms with van der Waals surface area (Å²) in [4.78, 5) is 14.6. The van der Waals surface area contributed by atoms with Gasteiger partial charge in [0, 0.05) is 22.9 Å². The molecular formula is C17H21N3OS. The van der Waals surface area contributed by atoms with E-state index in [4.69, 9.17) is 0 Å². The largest absolute Gasteiger partial charge is 0.337 e. The maximum Gasteiger partial charge on any atom is 0.233 e. The lowest BCUT2D eigenvalue weighted by Crippen LogP contribution is -2.48. The van der Waals surface area contributed by atoms with Crippen molar-refractivity contribution in [3.63, 3.8) is 0 Å². The average Bonchev–Trinajstić information content (AvgIpc) is 2.52. The van der Waals surface area contributed by atoms with Gasteiger partial charge in [0.05, 0.1) is 11.9 Å². The second-order valence-corrected chi connectivity index (χ2v) is 6.92. The number of piperidine rings is 1. The molecule has 22 heavy (non-hydrogen) atoms. The molecule has 4 nitrogen and oxygen atoms in total. The maximum atomic E-state index is 12.6. The van der Waals surface area contributed by atoms with Crippen molar-refractivity contribution in [2.75, 3.05) is 5.75 Å². The summed E-state index contributed by atoms with van der Waals surface area (Å²) in [5, 5.41) is 11.2. The highest BCUT2D eigenvalue weighted by molar-refractivity contribution is 8.00. The van der Waals surface area contributed by atoms with Crippen LogP contribution < -0.4 is 0 Å².